The number of thiol groups is 1. The third-order valence-electron chi connectivity index (χ3n) is 2.66. The minimum Gasteiger partial charge on any atom is -0.349 e. The number of hydrogen-bond acceptors (Lipinski definition) is 2. The van der Waals surface area contributed by atoms with E-state index in [1.165, 1.54) is 18.2 Å². The Balaban J connectivity index is 2.78. The maximum atomic E-state index is 13.5. The van der Waals surface area contributed by atoms with Crippen molar-refractivity contribution < 1.29 is 9.18 Å². The van der Waals surface area contributed by atoms with Gasteiger partial charge in [0.05, 0.1) is 5.56 Å². The summed E-state index contributed by atoms with van der Waals surface area (Å²) < 4.78 is 13.5. The monoisotopic (exact) mass is 255 g/mol. The van der Waals surface area contributed by atoms with Crippen LogP contribution in [0.5, 0.6) is 0 Å². The summed E-state index contributed by atoms with van der Waals surface area (Å²) in [6.45, 7) is 4.07. The number of nitrogens with one attached hydrogen (secondary N) is 1. The molecule has 0 fully saturated rings. The molecule has 0 radical (unpaired) electrons. The van der Waals surface area contributed by atoms with E-state index in [4.69, 9.17) is 0 Å². The van der Waals surface area contributed by atoms with Gasteiger partial charge in [0.25, 0.3) is 5.91 Å². The summed E-state index contributed by atoms with van der Waals surface area (Å²) >= 11 is 4.10. The third kappa shape index (κ3) is 4.04. The number of amides is 1. The first-order valence-corrected chi connectivity index (χ1v) is 6.32. The Bertz CT molecular complexity index is 395. The van der Waals surface area contributed by atoms with Gasteiger partial charge in [-0.3, -0.25) is 4.79 Å². The molecule has 0 aromatic heterocycles. The number of halogens is 1. The van der Waals surface area contributed by atoms with Gasteiger partial charge in [-0.1, -0.05) is 20.3 Å². The van der Waals surface area contributed by atoms with Gasteiger partial charge in [0.2, 0.25) is 0 Å². The lowest BCUT2D eigenvalue weighted by molar-refractivity contribution is 0.0929. The topological polar surface area (TPSA) is 29.1 Å². The van der Waals surface area contributed by atoms with Gasteiger partial charge in [0.1, 0.15) is 5.82 Å². The minimum atomic E-state index is -0.508. The summed E-state index contributed by atoms with van der Waals surface area (Å²) in [6, 6.07) is 4.35. The molecule has 94 valence electrons. The summed E-state index contributed by atoms with van der Waals surface area (Å²) in [4.78, 5) is 12.5. The van der Waals surface area contributed by atoms with E-state index in [0.29, 0.717) is 4.90 Å². The normalized spacial score (nSPS) is 12.2. The van der Waals surface area contributed by atoms with Crippen LogP contribution < -0.4 is 5.32 Å². The second-order valence-corrected chi connectivity index (χ2v) is 4.55. The molecule has 0 saturated heterocycles. The number of rotatable bonds is 5. The fourth-order valence-electron chi connectivity index (χ4n) is 1.68. The molecule has 0 aliphatic heterocycles. The Labute approximate surface area is 107 Å². The zero-order chi connectivity index (χ0) is 12.8. The van der Waals surface area contributed by atoms with Gasteiger partial charge >= 0.3 is 0 Å². The highest BCUT2D eigenvalue weighted by Crippen LogP contribution is 2.14. The molecule has 1 rings (SSSR count). The quantitative estimate of drug-likeness (QED) is 0.776. The van der Waals surface area contributed by atoms with E-state index in [9.17, 15) is 9.18 Å². The van der Waals surface area contributed by atoms with Gasteiger partial charge in [-0.2, -0.15) is 0 Å². The molecule has 0 bridgehead atoms. The Morgan fingerprint density at radius 3 is 2.76 bits per heavy atom. The maximum Gasteiger partial charge on any atom is 0.254 e. The van der Waals surface area contributed by atoms with Gasteiger partial charge in [-0.15, -0.1) is 12.6 Å². The van der Waals surface area contributed by atoms with E-state index in [-0.39, 0.29) is 17.5 Å². The molecule has 4 heteroatoms. The highest BCUT2D eigenvalue weighted by molar-refractivity contribution is 7.80. The van der Waals surface area contributed by atoms with Crippen molar-refractivity contribution in [3.63, 3.8) is 0 Å². The number of hydrogen-bond donors (Lipinski definition) is 2. The van der Waals surface area contributed by atoms with Crippen LogP contribution in [-0.4, -0.2) is 11.9 Å². The maximum absolute atomic E-state index is 13.5. The molecule has 1 aromatic carbocycles. The Kier molecular flexibility index (Phi) is 5.48. The molecule has 1 amide bonds. The van der Waals surface area contributed by atoms with Crippen molar-refractivity contribution in [3.8, 4) is 0 Å². The predicted octanol–water partition coefficient (Wildman–Crippen LogP) is 3.42. The molecule has 0 heterocycles. The van der Waals surface area contributed by atoms with Gasteiger partial charge in [-0.05, 0) is 31.0 Å². The van der Waals surface area contributed by atoms with E-state index >= 15 is 0 Å². The van der Waals surface area contributed by atoms with Crippen LogP contribution in [0.15, 0.2) is 23.1 Å². The molecule has 1 unspecified atom stereocenters. The second kappa shape index (κ2) is 6.64. The first kappa shape index (κ1) is 14.0. The average Bonchev–Trinajstić information content (AvgIpc) is 2.31. The van der Waals surface area contributed by atoms with Gasteiger partial charge in [0, 0.05) is 10.9 Å². The van der Waals surface area contributed by atoms with Gasteiger partial charge < -0.3 is 5.32 Å². The second-order valence-electron chi connectivity index (χ2n) is 4.03. The number of carbonyl (C=O) groups is 1. The summed E-state index contributed by atoms with van der Waals surface area (Å²) in [5, 5.41) is 2.84. The van der Waals surface area contributed by atoms with E-state index < -0.39 is 5.82 Å². The van der Waals surface area contributed by atoms with Crippen molar-refractivity contribution in [2.45, 2.75) is 44.0 Å². The van der Waals surface area contributed by atoms with E-state index in [0.717, 1.165) is 19.3 Å². The Morgan fingerprint density at radius 1 is 1.47 bits per heavy atom. The minimum absolute atomic E-state index is 0.0621. The van der Waals surface area contributed by atoms with Crippen molar-refractivity contribution in [2.75, 3.05) is 0 Å². The summed E-state index contributed by atoms with van der Waals surface area (Å²) in [5.41, 5.74) is 0.0621. The molecule has 0 spiro atoms. The van der Waals surface area contributed by atoms with Crippen molar-refractivity contribution >= 4 is 18.5 Å². The molecule has 17 heavy (non-hydrogen) atoms. The highest BCUT2D eigenvalue weighted by atomic mass is 32.1. The molecule has 0 saturated carbocycles. The summed E-state index contributed by atoms with van der Waals surface area (Å²) in [5.74, 6) is -0.870. The Morgan fingerprint density at radius 2 is 2.18 bits per heavy atom. The predicted molar refractivity (Wildman–Crippen MR) is 70.1 cm³/mol. The van der Waals surface area contributed by atoms with Crippen LogP contribution in [0.1, 0.15) is 43.5 Å². The molecule has 1 N–H and O–H groups in total. The fourth-order valence-corrected chi connectivity index (χ4v) is 1.88. The van der Waals surface area contributed by atoms with E-state index in [1.807, 2.05) is 6.92 Å². The molecule has 0 aliphatic rings. The molecular formula is C13H18FNOS. The zero-order valence-electron chi connectivity index (χ0n) is 10.2. The lowest BCUT2D eigenvalue weighted by atomic mass is 10.1. The lowest BCUT2D eigenvalue weighted by Crippen LogP contribution is -2.34. The third-order valence-corrected chi connectivity index (χ3v) is 2.94. The highest BCUT2D eigenvalue weighted by Gasteiger charge is 2.15. The van der Waals surface area contributed by atoms with E-state index in [1.54, 1.807) is 0 Å². The smallest absolute Gasteiger partial charge is 0.254 e. The van der Waals surface area contributed by atoms with Crippen LogP contribution in [0.25, 0.3) is 0 Å². The van der Waals surface area contributed by atoms with Crippen molar-refractivity contribution in [3.05, 3.63) is 29.6 Å². The molecule has 0 aliphatic carbocycles. The molecule has 1 atom stereocenters. The molecular weight excluding hydrogens is 237 g/mol. The van der Waals surface area contributed by atoms with Crippen LogP contribution in [0.2, 0.25) is 0 Å². The molecule has 1 aromatic rings. The zero-order valence-corrected chi connectivity index (χ0v) is 11.1. The summed E-state index contributed by atoms with van der Waals surface area (Å²) in [6.07, 6.45) is 2.75. The fraction of sp³-hybridized carbons (Fsp3) is 0.462. The van der Waals surface area contributed by atoms with Crippen molar-refractivity contribution in [1.82, 2.24) is 5.32 Å². The largest absolute Gasteiger partial charge is 0.349 e. The van der Waals surface area contributed by atoms with Crippen LogP contribution >= 0.6 is 12.6 Å². The first-order valence-electron chi connectivity index (χ1n) is 5.87. The van der Waals surface area contributed by atoms with Gasteiger partial charge in [-0.25, -0.2) is 4.39 Å². The standard InChI is InChI=1S/C13H18FNOS/c1-3-5-9(4-2)15-13(16)11-8-10(17)6-7-12(11)14/h6-9,17H,3-5H2,1-2H3,(H,15,16). The average molecular weight is 255 g/mol. The summed E-state index contributed by atoms with van der Waals surface area (Å²) in [7, 11) is 0. The first-order chi connectivity index (χ1) is 8.08. The Hall–Kier alpha value is -1.03. The lowest BCUT2D eigenvalue weighted by Gasteiger charge is -2.16. The van der Waals surface area contributed by atoms with E-state index in [2.05, 4.69) is 24.9 Å². The number of carbonyl (C=O) groups excluding carboxylic acids is 1. The SMILES string of the molecule is CCCC(CC)NC(=O)c1cc(S)ccc1F. The van der Waals surface area contributed by atoms with Gasteiger partial charge in [0.15, 0.2) is 0 Å². The number of benzene rings is 1. The van der Waals surface area contributed by atoms with Crippen LogP contribution in [-0.2, 0) is 0 Å². The van der Waals surface area contributed by atoms with Crippen molar-refractivity contribution in [2.24, 2.45) is 0 Å². The van der Waals surface area contributed by atoms with Crippen LogP contribution in [0, 0.1) is 5.82 Å². The van der Waals surface area contributed by atoms with Crippen molar-refractivity contribution in [1.29, 1.82) is 0 Å². The van der Waals surface area contributed by atoms with Crippen LogP contribution in [0.4, 0.5) is 4.39 Å². The molecule has 2 nitrogen and oxygen atoms in total. The van der Waals surface area contributed by atoms with Crippen LogP contribution in [0.3, 0.4) is 0 Å².